The summed E-state index contributed by atoms with van der Waals surface area (Å²) in [5, 5.41) is 2.78. The van der Waals surface area contributed by atoms with E-state index in [9.17, 15) is 0 Å². The molecule has 0 saturated carbocycles. The van der Waals surface area contributed by atoms with Gasteiger partial charge in [0.15, 0.2) is 0 Å². The van der Waals surface area contributed by atoms with Gasteiger partial charge in [0.25, 0.3) is 0 Å². The van der Waals surface area contributed by atoms with Crippen molar-refractivity contribution in [3.63, 3.8) is 0 Å². The molecule has 0 spiro atoms. The standard InChI is InChI=1S/C22H29N/c1-14(2)16-8-10-20-18(12-16)19-13-17(15(3)4)9-11-21(19)23(20)22(5,6)7/h8-15H,1-7H3. The molecular formula is C22H29N. The van der Waals surface area contributed by atoms with Crippen LogP contribution in [0.5, 0.6) is 0 Å². The quantitative estimate of drug-likeness (QED) is 0.491. The number of benzene rings is 2. The lowest BCUT2D eigenvalue weighted by Crippen LogP contribution is -2.21. The zero-order valence-electron chi connectivity index (χ0n) is 15.6. The van der Waals surface area contributed by atoms with Crippen molar-refractivity contribution < 1.29 is 0 Å². The summed E-state index contributed by atoms with van der Waals surface area (Å²) in [6, 6.07) is 14.0. The summed E-state index contributed by atoms with van der Waals surface area (Å²) in [4.78, 5) is 0. The third-order valence-corrected chi connectivity index (χ3v) is 4.82. The van der Waals surface area contributed by atoms with Gasteiger partial charge in [-0.3, -0.25) is 0 Å². The molecule has 0 unspecified atom stereocenters. The van der Waals surface area contributed by atoms with Crippen LogP contribution in [0.25, 0.3) is 21.8 Å². The first-order chi connectivity index (χ1) is 10.7. The van der Waals surface area contributed by atoms with Crippen molar-refractivity contribution in [1.82, 2.24) is 4.57 Å². The Kier molecular flexibility index (Phi) is 3.78. The molecule has 0 fully saturated rings. The van der Waals surface area contributed by atoms with E-state index in [4.69, 9.17) is 0 Å². The van der Waals surface area contributed by atoms with Gasteiger partial charge >= 0.3 is 0 Å². The van der Waals surface area contributed by atoms with Crippen LogP contribution >= 0.6 is 0 Å². The van der Waals surface area contributed by atoms with Gasteiger partial charge < -0.3 is 4.57 Å². The summed E-state index contributed by atoms with van der Waals surface area (Å²) in [6.45, 7) is 15.9. The lowest BCUT2D eigenvalue weighted by atomic mass is 9.98. The van der Waals surface area contributed by atoms with Crippen molar-refractivity contribution in [1.29, 1.82) is 0 Å². The van der Waals surface area contributed by atoms with Crippen molar-refractivity contribution >= 4 is 21.8 Å². The van der Waals surface area contributed by atoms with Crippen molar-refractivity contribution in [3.8, 4) is 0 Å². The zero-order chi connectivity index (χ0) is 16.9. The Bertz CT molecular complexity index is 792. The van der Waals surface area contributed by atoms with Crippen LogP contribution in [0.1, 0.15) is 71.4 Å². The highest BCUT2D eigenvalue weighted by Gasteiger charge is 2.21. The molecule has 2 aromatic carbocycles. The Morgan fingerprint density at radius 2 is 1.09 bits per heavy atom. The van der Waals surface area contributed by atoms with Gasteiger partial charge in [-0.2, -0.15) is 0 Å². The van der Waals surface area contributed by atoms with Gasteiger partial charge in [0.1, 0.15) is 0 Å². The molecule has 0 N–H and O–H groups in total. The molecule has 0 bridgehead atoms. The van der Waals surface area contributed by atoms with Crippen LogP contribution in [0.4, 0.5) is 0 Å². The third kappa shape index (κ3) is 2.67. The summed E-state index contributed by atoms with van der Waals surface area (Å²) in [6.07, 6.45) is 0. The Balaban J connectivity index is 2.45. The molecule has 122 valence electrons. The van der Waals surface area contributed by atoms with Crippen molar-refractivity contribution in [2.75, 3.05) is 0 Å². The molecule has 0 aliphatic carbocycles. The molecule has 0 amide bonds. The highest BCUT2D eigenvalue weighted by molar-refractivity contribution is 6.08. The van der Waals surface area contributed by atoms with E-state index in [2.05, 4.69) is 89.4 Å². The maximum absolute atomic E-state index is 2.49. The van der Waals surface area contributed by atoms with Crippen molar-refractivity contribution in [2.45, 2.75) is 65.8 Å². The van der Waals surface area contributed by atoms with Crippen LogP contribution in [-0.4, -0.2) is 4.57 Å². The number of nitrogens with zero attached hydrogens (tertiary/aromatic N) is 1. The Hall–Kier alpha value is -1.76. The molecule has 0 radical (unpaired) electrons. The second kappa shape index (κ2) is 5.40. The first kappa shape index (κ1) is 16.1. The van der Waals surface area contributed by atoms with Gasteiger partial charge in [-0.15, -0.1) is 0 Å². The van der Waals surface area contributed by atoms with Crippen LogP contribution in [0.2, 0.25) is 0 Å². The number of rotatable bonds is 2. The summed E-state index contributed by atoms with van der Waals surface area (Å²) in [7, 11) is 0. The van der Waals surface area contributed by atoms with Gasteiger partial charge in [0.2, 0.25) is 0 Å². The van der Waals surface area contributed by atoms with E-state index in [0.717, 1.165) is 0 Å². The maximum atomic E-state index is 2.49. The van der Waals surface area contributed by atoms with Crippen LogP contribution in [-0.2, 0) is 5.54 Å². The summed E-state index contributed by atoms with van der Waals surface area (Å²) < 4.78 is 2.49. The molecule has 1 heterocycles. The minimum atomic E-state index is 0.0681. The fourth-order valence-corrected chi connectivity index (χ4v) is 3.50. The number of aromatic nitrogens is 1. The molecule has 1 nitrogen and oxygen atoms in total. The topological polar surface area (TPSA) is 4.93 Å². The SMILES string of the molecule is CC(C)c1ccc2c(c1)c1cc(C(C)C)ccc1n2C(C)(C)C. The predicted molar refractivity (Wildman–Crippen MR) is 103 cm³/mol. The van der Waals surface area contributed by atoms with Gasteiger partial charge in [0, 0.05) is 27.3 Å². The van der Waals surface area contributed by atoms with E-state index in [0.29, 0.717) is 11.8 Å². The number of fused-ring (bicyclic) bond motifs is 3. The normalized spacial score (nSPS) is 12.9. The number of hydrogen-bond acceptors (Lipinski definition) is 0. The summed E-state index contributed by atoms with van der Waals surface area (Å²) >= 11 is 0. The predicted octanol–water partition coefficient (Wildman–Crippen LogP) is 6.80. The van der Waals surface area contributed by atoms with Crippen molar-refractivity contribution in [3.05, 3.63) is 47.5 Å². The second-order valence-corrected chi connectivity index (χ2v) is 8.37. The molecule has 3 rings (SSSR count). The molecule has 0 saturated heterocycles. The van der Waals surface area contributed by atoms with Gasteiger partial charge in [-0.05, 0) is 68.0 Å². The molecule has 0 aliphatic heterocycles. The Morgan fingerprint density at radius 1 is 0.696 bits per heavy atom. The second-order valence-electron chi connectivity index (χ2n) is 8.37. The lowest BCUT2D eigenvalue weighted by molar-refractivity contribution is 0.423. The first-order valence-corrected chi connectivity index (χ1v) is 8.78. The van der Waals surface area contributed by atoms with E-state index in [1.165, 1.54) is 32.9 Å². The van der Waals surface area contributed by atoms with Gasteiger partial charge in [0.05, 0.1) is 0 Å². The highest BCUT2D eigenvalue weighted by Crippen LogP contribution is 2.36. The fourth-order valence-electron chi connectivity index (χ4n) is 3.50. The molecule has 1 heteroatoms. The van der Waals surface area contributed by atoms with E-state index in [-0.39, 0.29) is 5.54 Å². The minimum Gasteiger partial charge on any atom is -0.335 e. The van der Waals surface area contributed by atoms with E-state index < -0.39 is 0 Å². The van der Waals surface area contributed by atoms with Gasteiger partial charge in [-0.1, -0.05) is 39.8 Å². The van der Waals surface area contributed by atoms with E-state index in [1.54, 1.807) is 0 Å². The summed E-state index contributed by atoms with van der Waals surface area (Å²) in [5.74, 6) is 1.11. The monoisotopic (exact) mass is 307 g/mol. The van der Waals surface area contributed by atoms with E-state index >= 15 is 0 Å². The number of hydrogen-bond donors (Lipinski definition) is 0. The average molecular weight is 307 g/mol. The average Bonchev–Trinajstić information content (AvgIpc) is 2.79. The summed E-state index contributed by atoms with van der Waals surface area (Å²) in [5.41, 5.74) is 5.59. The highest BCUT2D eigenvalue weighted by atomic mass is 15.0. The first-order valence-electron chi connectivity index (χ1n) is 8.78. The van der Waals surface area contributed by atoms with Crippen LogP contribution in [0, 0.1) is 0 Å². The van der Waals surface area contributed by atoms with Crippen LogP contribution in [0.3, 0.4) is 0 Å². The van der Waals surface area contributed by atoms with Gasteiger partial charge in [-0.25, -0.2) is 0 Å². The molecule has 3 aromatic rings. The zero-order valence-corrected chi connectivity index (χ0v) is 15.6. The fraction of sp³-hybridized carbons (Fsp3) is 0.455. The molecule has 0 aliphatic rings. The molecule has 0 atom stereocenters. The lowest BCUT2D eigenvalue weighted by Gasteiger charge is -2.24. The largest absolute Gasteiger partial charge is 0.335 e. The Morgan fingerprint density at radius 3 is 1.39 bits per heavy atom. The molecule has 23 heavy (non-hydrogen) atoms. The van der Waals surface area contributed by atoms with Crippen LogP contribution in [0.15, 0.2) is 36.4 Å². The third-order valence-electron chi connectivity index (χ3n) is 4.82. The van der Waals surface area contributed by atoms with E-state index in [1.807, 2.05) is 0 Å². The Labute approximate surface area is 140 Å². The smallest absolute Gasteiger partial charge is 0.0496 e. The molecule has 1 aromatic heterocycles. The van der Waals surface area contributed by atoms with Crippen LogP contribution < -0.4 is 0 Å². The maximum Gasteiger partial charge on any atom is 0.0496 e. The molecular weight excluding hydrogens is 278 g/mol. The minimum absolute atomic E-state index is 0.0681. The van der Waals surface area contributed by atoms with Crippen molar-refractivity contribution in [2.24, 2.45) is 0 Å².